The first-order valence-electron chi connectivity index (χ1n) is 7.03. The average Bonchev–Trinajstić information content (AvgIpc) is 3.07. The fourth-order valence-electron chi connectivity index (χ4n) is 2.13. The maximum atomic E-state index is 12.4. The number of rotatable bonds is 4. The van der Waals surface area contributed by atoms with Crippen LogP contribution in [0.1, 0.15) is 10.4 Å². The quantitative estimate of drug-likeness (QED) is 0.747. The van der Waals surface area contributed by atoms with Crippen LogP contribution in [0.2, 0.25) is 10.0 Å². The van der Waals surface area contributed by atoms with E-state index in [9.17, 15) is 4.79 Å². The standard InChI is InChI=1S/C17H13Cl2N3O2/c1-24-12-6-7-15(14(19)8-12)21-17(23)11-9-20-22(10-11)16-5-3-2-4-13(16)18/h2-10H,1H3,(H,21,23). The number of nitrogens with one attached hydrogen (secondary N) is 1. The van der Waals surface area contributed by atoms with E-state index in [0.717, 1.165) is 0 Å². The number of hydrogen-bond donors (Lipinski definition) is 1. The summed E-state index contributed by atoms with van der Waals surface area (Å²) in [6.45, 7) is 0. The number of para-hydroxylation sites is 1. The van der Waals surface area contributed by atoms with Crippen molar-refractivity contribution in [2.75, 3.05) is 12.4 Å². The van der Waals surface area contributed by atoms with Crippen molar-refractivity contribution in [1.82, 2.24) is 9.78 Å². The molecule has 0 aliphatic carbocycles. The number of nitrogens with zero attached hydrogens (tertiary/aromatic N) is 2. The number of carbonyl (C=O) groups is 1. The minimum atomic E-state index is -0.319. The Hall–Kier alpha value is -2.50. The van der Waals surface area contributed by atoms with E-state index in [0.29, 0.717) is 32.7 Å². The van der Waals surface area contributed by atoms with Crippen molar-refractivity contribution in [1.29, 1.82) is 0 Å². The summed E-state index contributed by atoms with van der Waals surface area (Å²) in [7, 11) is 1.55. The van der Waals surface area contributed by atoms with Crippen LogP contribution in [0.3, 0.4) is 0 Å². The lowest BCUT2D eigenvalue weighted by Crippen LogP contribution is -2.11. The van der Waals surface area contributed by atoms with Crippen molar-refractivity contribution in [3.8, 4) is 11.4 Å². The first-order chi connectivity index (χ1) is 11.6. The molecule has 0 bridgehead atoms. The molecule has 0 radical (unpaired) electrons. The van der Waals surface area contributed by atoms with Crippen LogP contribution >= 0.6 is 23.2 Å². The summed E-state index contributed by atoms with van der Waals surface area (Å²) in [6.07, 6.45) is 3.07. The second-order valence-corrected chi connectivity index (χ2v) is 5.74. The Morgan fingerprint density at radius 2 is 1.96 bits per heavy atom. The summed E-state index contributed by atoms with van der Waals surface area (Å²) in [5, 5.41) is 7.86. The second kappa shape index (κ2) is 6.95. The number of amides is 1. The molecular weight excluding hydrogens is 349 g/mol. The molecule has 0 atom stereocenters. The van der Waals surface area contributed by atoms with Gasteiger partial charge >= 0.3 is 0 Å². The van der Waals surface area contributed by atoms with Gasteiger partial charge in [-0.2, -0.15) is 5.10 Å². The highest BCUT2D eigenvalue weighted by atomic mass is 35.5. The molecule has 7 heteroatoms. The number of aromatic nitrogens is 2. The summed E-state index contributed by atoms with van der Waals surface area (Å²) in [5.74, 6) is 0.296. The largest absolute Gasteiger partial charge is 0.497 e. The normalized spacial score (nSPS) is 10.5. The highest BCUT2D eigenvalue weighted by Gasteiger charge is 2.13. The predicted octanol–water partition coefficient (Wildman–Crippen LogP) is 4.44. The van der Waals surface area contributed by atoms with E-state index in [1.807, 2.05) is 18.2 Å². The van der Waals surface area contributed by atoms with Crippen LogP contribution in [-0.4, -0.2) is 22.8 Å². The molecule has 0 spiro atoms. The molecule has 122 valence electrons. The second-order valence-electron chi connectivity index (χ2n) is 4.92. The first kappa shape index (κ1) is 16.4. The van der Waals surface area contributed by atoms with E-state index in [2.05, 4.69) is 10.4 Å². The molecule has 5 nitrogen and oxygen atoms in total. The van der Waals surface area contributed by atoms with Crippen LogP contribution in [0.4, 0.5) is 5.69 Å². The summed E-state index contributed by atoms with van der Waals surface area (Å²) < 4.78 is 6.63. The van der Waals surface area contributed by atoms with Gasteiger partial charge < -0.3 is 10.1 Å². The van der Waals surface area contributed by atoms with E-state index in [4.69, 9.17) is 27.9 Å². The molecule has 3 rings (SSSR count). The van der Waals surface area contributed by atoms with Gasteiger partial charge in [0.1, 0.15) is 5.75 Å². The van der Waals surface area contributed by atoms with Crippen LogP contribution in [0.5, 0.6) is 5.75 Å². The molecule has 1 heterocycles. The highest BCUT2D eigenvalue weighted by Crippen LogP contribution is 2.27. The summed E-state index contributed by atoms with van der Waals surface area (Å²) >= 11 is 12.3. The van der Waals surface area contributed by atoms with Gasteiger partial charge in [0.2, 0.25) is 0 Å². The fourth-order valence-corrected chi connectivity index (χ4v) is 2.57. The minimum Gasteiger partial charge on any atom is -0.497 e. The van der Waals surface area contributed by atoms with Gasteiger partial charge in [-0.05, 0) is 24.3 Å². The highest BCUT2D eigenvalue weighted by molar-refractivity contribution is 6.34. The van der Waals surface area contributed by atoms with Crippen molar-refractivity contribution >= 4 is 34.8 Å². The maximum absolute atomic E-state index is 12.4. The Kier molecular flexibility index (Phi) is 4.74. The molecule has 0 saturated carbocycles. The number of anilines is 1. The van der Waals surface area contributed by atoms with Crippen molar-refractivity contribution in [3.63, 3.8) is 0 Å². The van der Waals surface area contributed by atoms with Crippen molar-refractivity contribution in [2.45, 2.75) is 0 Å². The maximum Gasteiger partial charge on any atom is 0.258 e. The van der Waals surface area contributed by atoms with Gasteiger partial charge in [-0.25, -0.2) is 4.68 Å². The van der Waals surface area contributed by atoms with Crippen LogP contribution in [0.15, 0.2) is 54.9 Å². The molecule has 1 amide bonds. The third-order valence-corrected chi connectivity index (χ3v) is 4.00. The van der Waals surface area contributed by atoms with Gasteiger partial charge in [0, 0.05) is 12.3 Å². The zero-order valence-corrected chi connectivity index (χ0v) is 14.2. The molecule has 24 heavy (non-hydrogen) atoms. The Morgan fingerprint density at radius 3 is 2.67 bits per heavy atom. The monoisotopic (exact) mass is 361 g/mol. The number of carbonyl (C=O) groups excluding carboxylic acids is 1. The molecule has 2 aromatic carbocycles. The van der Waals surface area contributed by atoms with Gasteiger partial charge in [-0.1, -0.05) is 35.3 Å². The fraction of sp³-hybridized carbons (Fsp3) is 0.0588. The molecule has 0 aliphatic heterocycles. The van der Waals surface area contributed by atoms with Gasteiger partial charge in [0.25, 0.3) is 5.91 Å². The van der Waals surface area contributed by atoms with Gasteiger partial charge in [0.05, 0.1) is 40.3 Å². The number of ether oxygens (including phenoxy) is 1. The lowest BCUT2D eigenvalue weighted by Gasteiger charge is -2.07. The SMILES string of the molecule is COc1ccc(NC(=O)c2cnn(-c3ccccc3Cl)c2)c(Cl)c1. The Bertz CT molecular complexity index is 893. The number of benzene rings is 2. The zero-order valence-electron chi connectivity index (χ0n) is 12.7. The number of methoxy groups -OCH3 is 1. The van der Waals surface area contributed by atoms with Crippen molar-refractivity contribution in [2.24, 2.45) is 0 Å². The molecule has 3 aromatic rings. The average molecular weight is 362 g/mol. The minimum absolute atomic E-state index is 0.319. The third kappa shape index (κ3) is 3.37. The molecule has 1 aromatic heterocycles. The van der Waals surface area contributed by atoms with E-state index in [1.54, 1.807) is 42.3 Å². The number of hydrogen-bond acceptors (Lipinski definition) is 3. The molecule has 0 unspecified atom stereocenters. The predicted molar refractivity (Wildman–Crippen MR) is 94.5 cm³/mol. The summed E-state index contributed by atoms with van der Waals surface area (Å²) in [6, 6.07) is 12.3. The van der Waals surface area contributed by atoms with Gasteiger partial charge in [-0.3, -0.25) is 4.79 Å². The molecule has 0 saturated heterocycles. The summed E-state index contributed by atoms with van der Waals surface area (Å²) in [5.41, 5.74) is 1.58. The summed E-state index contributed by atoms with van der Waals surface area (Å²) in [4.78, 5) is 12.4. The Morgan fingerprint density at radius 1 is 1.17 bits per heavy atom. The first-order valence-corrected chi connectivity index (χ1v) is 7.78. The Balaban J connectivity index is 1.81. The lowest BCUT2D eigenvalue weighted by molar-refractivity contribution is 0.102. The smallest absolute Gasteiger partial charge is 0.258 e. The van der Waals surface area contributed by atoms with Crippen LogP contribution in [-0.2, 0) is 0 Å². The molecule has 1 N–H and O–H groups in total. The van der Waals surface area contributed by atoms with E-state index in [1.165, 1.54) is 6.20 Å². The molecule has 0 fully saturated rings. The zero-order chi connectivity index (χ0) is 17.1. The van der Waals surface area contributed by atoms with Gasteiger partial charge in [-0.15, -0.1) is 0 Å². The Labute approximate surface area is 148 Å². The van der Waals surface area contributed by atoms with E-state index in [-0.39, 0.29) is 5.91 Å². The number of halogens is 2. The van der Waals surface area contributed by atoms with Gasteiger partial charge in [0.15, 0.2) is 0 Å². The van der Waals surface area contributed by atoms with E-state index < -0.39 is 0 Å². The van der Waals surface area contributed by atoms with Crippen molar-refractivity contribution < 1.29 is 9.53 Å². The van der Waals surface area contributed by atoms with Crippen molar-refractivity contribution in [3.05, 3.63) is 70.5 Å². The van der Waals surface area contributed by atoms with E-state index >= 15 is 0 Å². The third-order valence-electron chi connectivity index (χ3n) is 3.37. The van der Waals surface area contributed by atoms with Crippen LogP contribution in [0, 0.1) is 0 Å². The molecular formula is C17H13Cl2N3O2. The van der Waals surface area contributed by atoms with Crippen LogP contribution in [0.25, 0.3) is 5.69 Å². The van der Waals surface area contributed by atoms with Crippen LogP contribution < -0.4 is 10.1 Å². The molecule has 0 aliphatic rings. The lowest BCUT2D eigenvalue weighted by atomic mass is 10.2. The topological polar surface area (TPSA) is 56.1 Å².